The lowest BCUT2D eigenvalue weighted by molar-refractivity contribution is -0.384. The first-order valence-corrected chi connectivity index (χ1v) is 7.45. The molecule has 0 unspecified atom stereocenters. The van der Waals surface area contributed by atoms with Crippen LogP contribution in [-0.4, -0.2) is 24.8 Å². The Bertz CT molecular complexity index is 532. The molecular weight excluding hydrogens is 288 g/mol. The van der Waals surface area contributed by atoms with Crippen molar-refractivity contribution in [3.63, 3.8) is 0 Å². The Balaban J connectivity index is 2.70. The molecule has 1 rings (SSSR count). The van der Waals surface area contributed by atoms with E-state index in [2.05, 4.69) is 0 Å². The zero-order valence-electron chi connectivity index (χ0n) is 8.50. The first-order chi connectivity index (χ1) is 7.79. The van der Waals surface area contributed by atoms with E-state index in [0.717, 1.165) is 0 Å². The average molecular weight is 297 g/mol. The molecule has 0 atom stereocenters. The molecule has 1 aromatic rings. The molecular formula is C8H9ClN2O4S2. The van der Waals surface area contributed by atoms with Crippen molar-refractivity contribution in [1.82, 2.24) is 0 Å². The summed E-state index contributed by atoms with van der Waals surface area (Å²) in [6.07, 6.45) is 0. The summed E-state index contributed by atoms with van der Waals surface area (Å²) in [5.74, 6) is 0.0708. The molecule has 0 saturated carbocycles. The number of nitro groups is 1. The highest BCUT2D eigenvalue weighted by Gasteiger charge is 2.10. The normalized spacial score (nSPS) is 11.4. The maximum Gasteiger partial charge on any atom is 0.270 e. The van der Waals surface area contributed by atoms with Gasteiger partial charge in [-0.1, -0.05) is 11.6 Å². The fourth-order valence-corrected chi connectivity index (χ4v) is 3.17. The summed E-state index contributed by atoms with van der Waals surface area (Å²) in [6, 6.07) is 4.01. The first kappa shape index (κ1) is 14.2. The molecule has 0 spiro atoms. The highest BCUT2D eigenvalue weighted by atomic mass is 35.5. The van der Waals surface area contributed by atoms with Crippen molar-refractivity contribution in [2.45, 2.75) is 4.90 Å². The molecule has 0 heterocycles. The molecule has 0 aliphatic rings. The number of hydrogen-bond donors (Lipinski definition) is 1. The molecule has 0 amide bonds. The second-order valence-electron chi connectivity index (χ2n) is 3.09. The number of non-ortho nitro benzene ring substituents is 1. The molecule has 9 heteroatoms. The van der Waals surface area contributed by atoms with E-state index < -0.39 is 14.9 Å². The fraction of sp³-hybridized carbons (Fsp3) is 0.250. The molecule has 0 saturated heterocycles. The number of sulfonamides is 1. The minimum Gasteiger partial charge on any atom is -0.258 e. The monoisotopic (exact) mass is 296 g/mol. The molecule has 6 nitrogen and oxygen atoms in total. The summed E-state index contributed by atoms with van der Waals surface area (Å²) in [4.78, 5) is 10.5. The van der Waals surface area contributed by atoms with Crippen LogP contribution in [0.25, 0.3) is 0 Å². The summed E-state index contributed by atoms with van der Waals surface area (Å²) in [6.45, 7) is 0. The Morgan fingerprint density at radius 1 is 1.47 bits per heavy atom. The van der Waals surface area contributed by atoms with Gasteiger partial charge in [-0.3, -0.25) is 10.1 Å². The van der Waals surface area contributed by atoms with Gasteiger partial charge in [-0.25, -0.2) is 13.6 Å². The summed E-state index contributed by atoms with van der Waals surface area (Å²) in [5.41, 5.74) is -0.106. The number of nitrogens with two attached hydrogens (primary N) is 1. The third kappa shape index (κ3) is 4.90. The van der Waals surface area contributed by atoms with Crippen LogP contribution in [0.3, 0.4) is 0 Å². The number of nitrogens with zero attached hydrogens (tertiary/aromatic N) is 1. The molecule has 17 heavy (non-hydrogen) atoms. The largest absolute Gasteiger partial charge is 0.270 e. The van der Waals surface area contributed by atoms with Gasteiger partial charge in [-0.2, -0.15) is 0 Å². The van der Waals surface area contributed by atoms with Gasteiger partial charge >= 0.3 is 0 Å². The maximum atomic E-state index is 10.7. The van der Waals surface area contributed by atoms with Crippen molar-refractivity contribution in [2.75, 3.05) is 11.5 Å². The van der Waals surface area contributed by atoms with E-state index in [4.69, 9.17) is 16.7 Å². The standard InChI is InChI=1S/C8H9ClN2O4S2/c9-7-5-6(11(12)13)1-2-8(7)16-3-4-17(10,14)15/h1-2,5H,3-4H2,(H2,10,14,15). The van der Waals surface area contributed by atoms with Crippen molar-refractivity contribution < 1.29 is 13.3 Å². The molecule has 0 aliphatic carbocycles. The topological polar surface area (TPSA) is 103 Å². The summed E-state index contributed by atoms with van der Waals surface area (Å²) < 4.78 is 21.4. The fourth-order valence-electron chi connectivity index (χ4n) is 0.988. The number of primary sulfonamides is 1. The highest BCUT2D eigenvalue weighted by Crippen LogP contribution is 2.30. The highest BCUT2D eigenvalue weighted by molar-refractivity contribution is 8.00. The maximum absolute atomic E-state index is 10.7. The van der Waals surface area contributed by atoms with Crippen LogP contribution in [-0.2, 0) is 10.0 Å². The molecule has 0 aromatic heterocycles. The number of thioether (sulfide) groups is 1. The van der Waals surface area contributed by atoms with E-state index in [1.807, 2.05) is 0 Å². The Morgan fingerprint density at radius 3 is 2.59 bits per heavy atom. The van der Waals surface area contributed by atoms with Gasteiger partial charge in [-0.05, 0) is 6.07 Å². The first-order valence-electron chi connectivity index (χ1n) is 4.37. The van der Waals surface area contributed by atoms with E-state index in [9.17, 15) is 18.5 Å². The molecule has 0 radical (unpaired) electrons. The van der Waals surface area contributed by atoms with Gasteiger partial charge < -0.3 is 0 Å². The zero-order chi connectivity index (χ0) is 13.1. The molecule has 94 valence electrons. The van der Waals surface area contributed by atoms with Crippen molar-refractivity contribution in [2.24, 2.45) is 5.14 Å². The van der Waals surface area contributed by atoms with Gasteiger partial charge in [0, 0.05) is 22.8 Å². The lowest BCUT2D eigenvalue weighted by Gasteiger charge is -2.03. The van der Waals surface area contributed by atoms with Crippen molar-refractivity contribution >= 4 is 39.1 Å². The number of benzene rings is 1. The molecule has 2 N–H and O–H groups in total. The second kappa shape index (κ2) is 5.67. The van der Waals surface area contributed by atoms with Crippen LogP contribution >= 0.6 is 23.4 Å². The Hall–Kier alpha value is -0.830. The van der Waals surface area contributed by atoms with Crippen molar-refractivity contribution in [1.29, 1.82) is 0 Å². The van der Waals surface area contributed by atoms with Crippen LogP contribution in [0.2, 0.25) is 5.02 Å². The van der Waals surface area contributed by atoms with Gasteiger partial charge in [0.05, 0.1) is 15.7 Å². The minimum atomic E-state index is -3.50. The lowest BCUT2D eigenvalue weighted by Crippen LogP contribution is -2.17. The minimum absolute atomic E-state index is 0.106. The number of hydrogen-bond acceptors (Lipinski definition) is 5. The summed E-state index contributed by atoms with van der Waals surface area (Å²) in [5, 5.41) is 15.5. The van der Waals surface area contributed by atoms with E-state index >= 15 is 0 Å². The predicted octanol–water partition coefficient (Wildman–Crippen LogP) is 1.63. The van der Waals surface area contributed by atoms with Crippen molar-refractivity contribution in [3.05, 3.63) is 33.3 Å². The van der Waals surface area contributed by atoms with Gasteiger partial charge in [0.1, 0.15) is 0 Å². The van der Waals surface area contributed by atoms with E-state index in [1.165, 1.54) is 30.0 Å². The van der Waals surface area contributed by atoms with Gasteiger partial charge in [0.15, 0.2) is 0 Å². The quantitative estimate of drug-likeness (QED) is 0.505. The Kier molecular flexibility index (Phi) is 4.75. The predicted molar refractivity (Wildman–Crippen MR) is 66.8 cm³/mol. The SMILES string of the molecule is NS(=O)(=O)CCSc1ccc([N+](=O)[O-])cc1Cl. The van der Waals surface area contributed by atoms with Crippen LogP contribution in [0.5, 0.6) is 0 Å². The number of nitro benzene ring substituents is 1. The van der Waals surface area contributed by atoms with Crippen molar-refractivity contribution in [3.8, 4) is 0 Å². The zero-order valence-corrected chi connectivity index (χ0v) is 10.9. The number of rotatable bonds is 5. The lowest BCUT2D eigenvalue weighted by atomic mass is 10.3. The van der Waals surface area contributed by atoms with E-state index in [-0.39, 0.29) is 22.2 Å². The van der Waals surface area contributed by atoms with Crippen LogP contribution in [0.4, 0.5) is 5.69 Å². The molecule has 1 aromatic carbocycles. The Morgan fingerprint density at radius 2 is 2.12 bits per heavy atom. The molecule has 0 fully saturated rings. The van der Waals surface area contributed by atoms with Crippen LogP contribution < -0.4 is 5.14 Å². The smallest absolute Gasteiger partial charge is 0.258 e. The van der Waals surface area contributed by atoms with Gasteiger partial charge in [0.2, 0.25) is 10.0 Å². The summed E-state index contributed by atoms with van der Waals surface area (Å²) >= 11 is 7.00. The number of halogens is 1. The van der Waals surface area contributed by atoms with Crippen LogP contribution in [0.15, 0.2) is 23.1 Å². The van der Waals surface area contributed by atoms with Crippen LogP contribution in [0, 0.1) is 10.1 Å². The third-order valence-corrected chi connectivity index (χ3v) is 4.28. The Labute approximate surface area is 107 Å². The van der Waals surface area contributed by atoms with Gasteiger partial charge in [0.25, 0.3) is 5.69 Å². The van der Waals surface area contributed by atoms with Crippen LogP contribution in [0.1, 0.15) is 0 Å². The van der Waals surface area contributed by atoms with E-state index in [1.54, 1.807) is 0 Å². The average Bonchev–Trinajstić information content (AvgIpc) is 2.18. The molecule has 0 bridgehead atoms. The third-order valence-electron chi connectivity index (χ3n) is 1.75. The molecule has 0 aliphatic heterocycles. The summed E-state index contributed by atoms with van der Waals surface area (Å²) in [7, 11) is -3.50. The van der Waals surface area contributed by atoms with E-state index in [0.29, 0.717) is 4.90 Å². The second-order valence-corrected chi connectivity index (χ2v) is 6.37. The van der Waals surface area contributed by atoms with Gasteiger partial charge in [-0.15, -0.1) is 11.8 Å².